The Kier molecular flexibility index (Phi) is 5.21. The first-order valence-corrected chi connectivity index (χ1v) is 7.88. The fourth-order valence-corrected chi connectivity index (χ4v) is 3.62. The average Bonchev–Trinajstić information content (AvgIpc) is 2.23. The number of nitrogens with one attached hydrogen (secondary N) is 1. The van der Waals surface area contributed by atoms with Crippen molar-refractivity contribution in [2.75, 3.05) is 18.1 Å². The molecule has 3 atom stereocenters. The molecule has 1 saturated heterocycles. The molecule has 1 aliphatic rings. The standard InChI is InChI=1S/C11H23NO3S/c1-3-9(2)11(13)7-12-10-5-4-6-16(14,15)8-10/h9-13H,3-8H2,1-2H3. The molecule has 0 spiro atoms. The van der Waals surface area contributed by atoms with Gasteiger partial charge in [-0.2, -0.15) is 0 Å². The predicted octanol–water partition coefficient (Wildman–Crippen LogP) is 0.560. The van der Waals surface area contributed by atoms with Crippen LogP contribution in [0.5, 0.6) is 0 Å². The summed E-state index contributed by atoms with van der Waals surface area (Å²) >= 11 is 0. The van der Waals surface area contributed by atoms with Crippen molar-refractivity contribution in [3.63, 3.8) is 0 Å². The normalized spacial score (nSPS) is 28.6. The first kappa shape index (κ1) is 13.9. The van der Waals surface area contributed by atoms with E-state index in [0.29, 0.717) is 12.3 Å². The van der Waals surface area contributed by atoms with Crippen molar-refractivity contribution in [1.82, 2.24) is 5.32 Å². The highest BCUT2D eigenvalue weighted by Crippen LogP contribution is 2.13. The summed E-state index contributed by atoms with van der Waals surface area (Å²) in [5.41, 5.74) is 0. The van der Waals surface area contributed by atoms with Crippen molar-refractivity contribution in [1.29, 1.82) is 0 Å². The minimum absolute atomic E-state index is 0.0254. The van der Waals surface area contributed by atoms with Crippen LogP contribution in [0.2, 0.25) is 0 Å². The third-order valence-corrected chi connectivity index (χ3v) is 5.20. The molecule has 0 aromatic carbocycles. The lowest BCUT2D eigenvalue weighted by atomic mass is 10.0. The lowest BCUT2D eigenvalue weighted by Crippen LogP contribution is -2.44. The van der Waals surface area contributed by atoms with E-state index in [0.717, 1.165) is 19.3 Å². The van der Waals surface area contributed by atoms with Crippen LogP contribution in [0.25, 0.3) is 0 Å². The maximum Gasteiger partial charge on any atom is 0.151 e. The molecule has 3 unspecified atom stereocenters. The van der Waals surface area contributed by atoms with E-state index in [4.69, 9.17) is 0 Å². The molecule has 1 aliphatic heterocycles. The molecule has 16 heavy (non-hydrogen) atoms. The molecule has 0 radical (unpaired) electrons. The van der Waals surface area contributed by atoms with Crippen LogP contribution in [0.4, 0.5) is 0 Å². The van der Waals surface area contributed by atoms with Crippen molar-refractivity contribution < 1.29 is 13.5 Å². The highest BCUT2D eigenvalue weighted by atomic mass is 32.2. The third-order valence-electron chi connectivity index (χ3n) is 3.38. The van der Waals surface area contributed by atoms with Crippen molar-refractivity contribution in [2.24, 2.45) is 5.92 Å². The van der Waals surface area contributed by atoms with Gasteiger partial charge in [0.05, 0.1) is 17.6 Å². The van der Waals surface area contributed by atoms with Gasteiger partial charge in [-0.15, -0.1) is 0 Å². The Hall–Kier alpha value is -0.130. The van der Waals surface area contributed by atoms with E-state index in [2.05, 4.69) is 5.32 Å². The summed E-state index contributed by atoms with van der Waals surface area (Å²) in [6.07, 6.45) is 2.19. The van der Waals surface area contributed by atoms with Gasteiger partial charge in [-0.25, -0.2) is 8.42 Å². The van der Waals surface area contributed by atoms with Gasteiger partial charge in [-0.05, 0) is 18.8 Å². The number of sulfone groups is 1. The van der Waals surface area contributed by atoms with Gasteiger partial charge in [-0.1, -0.05) is 20.3 Å². The predicted molar refractivity (Wildman–Crippen MR) is 65.1 cm³/mol. The zero-order valence-electron chi connectivity index (χ0n) is 10.1. The van der Waals surface area contributed by atoms with E-state index in [1.165, 1.54) is 0 Å². The van der Waals surface area contributed by atoms with E-state index in [9.17, 15) is 13.5 Å². The molecular formula is C11H23NO3S. The molecule has 1 rings (SSSR count). The van der Waals surface area contributed by atoms with Gasteiger partial charge in [0.2, 0.25) is 0 Å². The average molecular weight is 249 g/mol. The van der Waals surface area contributed by atoms with Crippen LogP contribution >= 0.6 is 0 Å². The number of hydrogen-bond donors (Lipinski definition) is 2. The van der Waals surface area contributed by atoms with Gasteiger partial charge >= 0.3 is 0 Å². The van der Waals surface area contributed by atoms with E-state index in [-0.39, 0.29) is 23.8 Å². The summed E-state index contributed by atoms with van der Waals surface area (Å²) in [6.45, 7) is 4.54. The van der Waals surface area contributed by atoms with Crippen LogP contribution in [0.3, 0.4) is 0 Å². The smallest absolute Gasteiger partial charge is 0.151 e. The molecule has 4 nitrogen and oxygen atoms in total. The molecule has 1 heterocycles. The van der Waals surface area contributed by atoms with Crippen LogP contribution < -0.4 is 5.32 Å². The van der Waals surface area contributed by atoms with Crippen LogP contribution in [0.15, 0.2) is 0 Å². The highest BCUT2D eigenvalue weighted by molar-refractivity contribution is 7.91. The minimum atomic E-state index is -2.85. The molecular weight excluding hydrogens is 226 g/mol. The molecule has 0 aromatic heterocycles. The zero-order chi connectivity index (χ0) is 12.2. The van der Waals surface area contributed by atoms with Gasteiger partial charge < -0.3 is 10.4 Å². The Labute approximate surface area is 98.4 Å². The molecule has 5 heteroatoms. The van der Waals surface area contributed by atoms with E-state index < -0.39 is 9.84 Å². The summed E-state index contributed by atoms with van der Waals surface area (Å²) in [5.74, 6) is 0.798. The quantitative estimate of drug-likeness (QED) is 0.747. The van der Waals surface area contributed by atoms with Gasteiger partial charge in [0, 0.05) is 12.6 Å². The van der Waals surface area contributed by atoms with Gasteiger partial charge in [0.15, 0.2) is 9.84 Å². The Balaban J connectivity index is 2.32. The summed E-state index contributed by atoms with van der Waals surface area (Å²) < 4.78 is 22.8. The fourth-order valence-electron chi connectivity index (χ4n) is 1.94. The Morgan fingerprint density at radius 2 is 2.19 bits per heavy atom. The molecule has 2 N–H and O–H groups in total. The largest absolute Gasteiger partial charge is 0.392 e. The number of hydrogen-bond acceptors (Lipinski definition) is 4. The van der Waals surface area contributed by atoms with E-state index in [1.54, 1.807) is 0 Å². The Morgan fingerprint density at radius 1 is 1.50 bits per heavy atom. The summed E-state index contributed by atoms with van der Waals surface area (Å²) in [6, 6.07) is 0.0254. The van der Waals surface area contributed by atoms with Crippen molar-refractivity contribution in [2.45, 2.75) is 45.3 Å². The molecule has 96 valence electrons. The van der Waals surface area contributed by atoms with E-state index >= 15 is 0 Å². The second kappa shape index (κ2) is 5.98. The minimum Gasteiger partial charge on any atom is -0.392 e. The second-order valence-corrected chi connectivity index (χ2v) is 7.04. The first-order valence-electron chi connectivity index (χ1n) is 6.06. The lowest BCUT2D eigenvalue weighted by molar-refractivity contribution is 0.110. The van der Waals surface area contributed by atoms with Crippen molar-refractivity contribution >= 4 is 9.84 Å². The second-order valence-electron chi connectivity index (χ2n) is 4.81. The Bertz CT molecular complexity index is 302. The Morgan fingerprint density at radius 3 is 2.75 bits per heavy atom. The number of aliphatic hydroxyl groups is 1. The molecule has 0 aliphatic carbocycles. The monoisotopic (exact) mass is 249 g/mol. The summed E-state index contributed by atoms with van der Waals surface area (Å²) in [4.78, 5) is 0. The fraction of sp³-hybridized carbons (Fsp3) is 1.00. The van der Waals surface area contributed by atoms with Crippen LogP contribution in [0, 0.1) is 5.92 Å². The van der Waals surface area contributed by atoms with E-state index in [1.807, 2.05) is 13.8 Å². The van der Waals surface area contributed by atoms with Gasteiger partial charge in [0.25, 0.3) is 0 Å². The topological polar surface area (TPSA) is 66.4 Å². The van der Waals surface area contributed by atoms with Crippen molar-refractivity contribution in [3.8, 4) is 0 Å². The lowest BCUT2D eigenvalue weighted by Gasteiger charge is -2.25. The van der Waals surface area contributed by atoms with Crippen LogP contribution in [-0.4, -0.2) is 43.7 Å². The summed E-state index contributed by atoms with van der Waals surface area (Å²) in [5, 5.41) is 12.9. The zero-order valence-corrected chi connectivity index (χ0v) is 11.0. The molecule has 0 aromatic rings. The SMILES string of the molecule is CCC(C)C(O)CNC1CCCS(=O)(=O)C1. The van der Waals surface area contributed by atoms with Crippen molar-refractivity contribution in [3.05, 3.63) is 0 Å². The van der Waals surface area contributed by atoms with Crippen LogP contribution in [-0.2, 0) is 9.84 Å². The van der Waals surface area contributed by atoms with Gasteiger partial charge in [0.1, 0.15) is 0 Å². The summed E-state index contributed by atoms with van der Waals surface area (Å²) in [7, 11) is -2.85. The molecule has 1 fully saturated rings. The first-order chi connectivity index (χ1) is 7.44. The van der Waals surface area contributed by atoms with Crippen LogP contribution in [0.1, 0.15) is 33.1 Å². The number of aliphatic hydroxyl groups excluding tert-OH is 1. The maximum absolute atomic E-state index is 11.4. The highest BCUT2D eigenvalue weighted by Gasteiger charge is 2.25. The van der Waals surface area contributed by atoms with Gasteiger partial charge in [-0.3, -0.25) is 0 Å². The maximum atomic E-state index is 11.4. The number of rotatable bonds is 5. The molecule has 0 saturated carbocycles. The molecule has 0 bridgehead atoms. The molecule has 0 amide bonds. The third kappa shape index (κ3) is 4.39.